The molecule has 2 amide bonds. The van der Waals surface area contributed by atoms with Crippen molar-refractivity contribution < 1.29 is 18.0 Å². The molecule has 8 rings (SSSR count). The van der Waals surface area contributed by atoms with Crippen molar-refractivity contribution in [1.29, 1.82) is 0 Å². The Bertz CT molecular complexity index is 1890. The number of sulfonamides is 1. The molecule has 1 N–H and O–H groups in total. The Morgan fingerprint density at radius 3 is 2.46 bits per heavy atom. The number of fused-ring (bicyclic) bond motifs is 5. The van der Waals surface area contributed by atoms with E-state index in [2.05, 4.69) is 11.6 Å². The Hall–Kier alpha value is -3.41. The van der Waals surface area contributed by atoms with Crippen LogP contribution in [-0.2, 0) is 25.0 Å². The molecule has 8 nitrogen and oxygen atoms in total. The van der Waals surface area contributed by atoms with Crippen LogP contribution in [0.1, 0.15) is 31.4 Å². The Labute approximate surface area is 246 Å². The number of allylic oxidation sites excluding steroid dienone is 2. The lowest BCUT2D eigenvalue weighted by Crippen LogP contribution is -2.76. The molecular weight excluding hydrogens is 577 g/mol. The standard InChI is InChI=1S/C30H28N4O4S3/c1-5-6-15-23-19(2)22(17-31-23)29-18-30-27(36)32(4)28(3,39-40-30)26(35)33(30)25(29)34(24-16-11-10-14-21(24)29)41(37,38)20-12-8-7-9-13-20/h5-17,25,31H,2,18H2,1,3-4H3/b6-5-,23-15+/t25-,28+,29+,30-/m0/s1. The van der Waals surface area contributed by atoms with Gasteiger partial charge in [0.1, 0.15) is 6.17 Å². The zero-order valence-electron chi connectivity index (χ0n) is 22.7. The van der Waals surface area contributed by atoms with Gasteiger partial charge in [-0.1, -0.05) is 76.7 Å². The number of piperazine rings is 1. The number of aromatic amines is 1. The number of H-pyrrole nitrogens is 1. The number of carbonyl (C=O) groups excluding carboxylic acids is 2. The summed E-state index contributed by atoms with van der Waals surface area (Å²) >= 11 is 0. The molecule has 5 aliphatic rings. The van der Waals surface area contributed by atoms with Crippen molar-refractivity contribution >= 4 is 61.8 Å². The first-order valence-electron chi connectivity index (χ1n) is 13.2. The number of hydrogen-bond acceptors (Lipinski definition) is 6. The highest BCUT2D eigenvalue weighted by Gasteiger charge is 2.79. The molecule has 1 spiro atoms. The van der Waals surface area contributed by atoms with E-state index in [1.165, 1.54) is 30.8 Å². The van der Waals surface area contributed by atoms with Gasteiger partial charge < -0.3 is 9.88 Å². The topological polar surface area (TPSA) is 93.8 Å². The van der Waals surface area contributed by atoms with Crippen LogP contribution in [0.4, 0.5) is 5.69 Å². The predicted molar refractivity (Wildman–Crippen MR) is 163 cm³/mol. The van der Waals surface area contributed by atoms with E-state index in [4.69, 9.17) is 0 Å². The van der Waals surface area contributed by atoms with E-state index in [1.54, 1.807) is 61.3 Å². The molecule has 0 radical (unpaired) electrons. The van der Waals surface area contributed by atoms with Crippen molar-refractivity contribution in [3.63, 3.8) is 0 Å². The maximum absolute atomic E-state index is 14.6. The lowest BCUT2D eigenvalue weighted by atomic mass is 9.72. The summed E-state index contributed by atoms with van der Waals surface area (Å²) in [7, 11) is 0.221. The van der Waals surface area contributed by atoms with Crippen LogP contribution in [0.15, 0.2) is 77.8 Å². The van der Waals surface area contributed by atoms with Crippen molar-refractivity contribution in [3.8, 4) is 0 Å². The van der Waals surface area contributed by atoms with Gasteiger partial charge in [0.25, 0.3) is 21.8 Å². The summed E-state index contributed by atoms with van der Waals surface area (Å²) in [6.45, 7) is 8.08. The van der Waals surface area contributed by atoms with Gasteiger partial charge in [-0.05, 0) is 54.5 Å². The number of carbonyl (C=O) groups is 2. The van der Waals surface area contributed by atoms with E-state index in [1.807, 2.05) is 43.5 Å². The second-order valence-corrected chi connectivity index (χ2v) is 15.5. The third kappa shape index (κ3) is 3.06. The van der Waals surface area contributed by atoms with Gasteiger partial charge in [-0.3, -0.25) is 14.5 Å². The van der Waals surface area contributed by atoms with Gasteiger partial charge in [-0.15, -0.1) is 0 Å². The summed E-state index contributed by atoms with van der Waals surface area (Å²) in [6, 6.07) is 15.6. The highest BCUT2D eigenvalue weighted by Crippen LogP contribution is 2.70. The minimum absolute atomic E-state index is 0.115. The number of amides is 2. The van der Waals surface area contributed by atoms with E-state index in [0.717, 1.165) is 16.5 Å². The van der Waals surface area contributed by atoms with E-state index in [-0.39, 0.29) is 23.1 Å². The summed E-state index contributed by atoms with van der Waals surface area (Å²) in [6.07, 6.45) is 6.78. The molecule has 0 saturated carbocycles. The molecule has 3 aromatic rings. The van der Waals surface area contributed by atoms with Crippen LogP contribution in [0, 0.1) is 0 Å². The quantitative estimate of drug-likeness (QED) is 0.460. The zero-order valence-corrected chi connectivity index (χ0v) is 25.1. The predicted octanol–water partition coefficient (Wildman–Crippen LogP) is 3.11. The summed E-state index contributed by atoms with van der Waals surface area (Å²) in [5, 5.41) is 1.48. The Balaban J connectivity index is 1.59. The smallest absolute Gasteiger partial charge is 0.266 e. The first kappa shape index (κ1) is 26.5. The molecule has 11 heteroatoms. The average Bonchev–Trinajstić information content (AvgIpc) is 3.59. The van der Waals surface area contributed by atoms with Crippen molar-refractivity contribution in [2.45, 2.75) is 46.5 Å². The molecule has 4 saturated heterocycles. The summed E-state index contributed by atoms with van der Waals surface area (Å²) in [5.74, 6) is -0.480. The first-order valence-corrected chi connectivity index (χ1v) is 16.8. The monoisotopic (exact) mass is 604 g/mol. The van der Waals surface area contributed by atoms with E-state index < -0.39 is 31.3 Å². The van der Waals surface area contributed by atoms with E-state index in [0.29, 0.717) is 10.9 Å². The van der Waals surface area contributed by atoms with Gasteiger partial charge >= 0.3 is 0 Å². The number of benzene rings is 2. The molecule has 4 fully saturated rings. The van der Waals surface area contributed by atoms with Gasteiger partial charge in [-0.25, -0.2) is 12.7 Å². The highest BCUT2D eigenvalue weighted by molar-refractivity contribution is 8.78. The van der Waals surface area contributed by atoms with E-state index in [9.17, 15) is 18.0 Å². The van der Waals surface area contributed by atoms with Gasteiger partial charge in [0.2, 0.25) is 0 Å². The fourth-order valence-corrected chi connectivity index (χ4v) is 12.1. The van der Waals surface area contributed by atoms with Crippen LogP contribution in [0.5, 0.6) is 0 Å². The van der Waals surface area contributed by atoms with Gasteiger partial charge in [0, 0.05) is 25.0 Å². The van der Waals surface area contributed by atoms with Gasteiger partial charge in [0.15, 0.2) is 9.74 Å². The molecule has 4 atom stereocenters. The summed E-state index contributed by atoms with van der Waals surface area (Å²) < 4.78 is 30.6. The SMILES string of the molecule is C=c1c([C@]23C[C@@]45SS[C@](C)(C(=O)N4[C@H]2N(S(=O)(=O)c2ccccc2)c2ccccc23)N(C)C5=O)c[nH]/c1=C/C=C\C. The Kier molecular flexibility index (Phi) is 5.53. The molecule has 5 aliphatic heterocycles. The van der Waals surface area contributed by atoms with Crippen molar-refractivity contribution in [3.05, 3.63) is 94.6 Å². The second kappa shape index (κ2) is 8.56. The van der Waals surface area contributed by atoms with Crippen LogP contribution in [0.25, 0.3) is 12.7 Å². The van der Waals surface area contributed by atoms with Gasteiger partial charge in [0.05, 0.1) is 16.0 Å². The highest BCUT2D eigenvalue weighted by atomic mass is 33.1. The zero-order chi connectivity index (χ0) is 28.9. The second-order valence-electron chi connectivity index (χ2n) is 10.9. The van der Waals surface area contributed by atoms with Crippen molar-refractivity contribution in [1.82, 2.24) is 14.8 Å². The number of hydrogen-bond donors (Lipinski definition) is 1. The molecule has 1 aromatic heterocycles. The Morgan fingerprint density at radius 1 is 1.02 bits per heavy atom. The fraction of sp³-hybridized carbons (Fsp3) is 0.267. The maximum atomic E-state index is 14.6. The number of nitrogens with one attached hydrogen (secondary N) is 1. The lowest BCUT2D eigenvalue weighted by Gasteiger charge is -2.58. The third-order valence-electron chi connectivity index (χ3n) is 8.93. The van der Waals surface area contributed by atoms with Crippen molar-refractivity contribution in [2.24, 2.45) is 0 Å². The molecule has 0 aliphatic carbocycles. The normalized spacial score (nSPS) is 30.9. The van der Waals surface area contributed by atoms with Crippen LogP contribution in [0.2, 0.25) is 0 Å². The molecular formula is C30H28N4O4S3. The molecule has 2 aromatic carbocycles. The molecule has 6 heterocycles. The van der Waals surface area contributed by atoms with Crippen molar-refractivity contribution in [2.75, 3.05) is 11.4 Å². The molecule has 41 heavy (non-hydrogen) atoms. The largest absolute Gasteiger partial charge is 0.361 e. The molecule has 0 unspecified atom stereocenters. The number of para-hydroxylation sites is 1. The van der Waals surface area contributed by atoms with Crippen LogP contribution < -0.4 is 14.9 Å². The maximum Gasteiger partial charge on any atom is 0.266 e. The lowest BCUT2D eigenvalue weighted by molar-refractivity contribution is -0.163. The first-order chi connectivity index (χ1) is 19.6. The summed E-state index contributed by atoms with van der Waals surface area (Å²) in [4.78, 5) is 32.8. The fourth-order valence-electron chi connectivity index (χ4n) is 6.86. The molecule has 210 valence electrons. The van der Waals surface area contributed by atoms with E-state index >= 15 is 0 Å². The van der Waals surface area contributed by atoms with Gasteiger partial charge in [-0.2, -0.15) is 0 Å². The number of nitrogens with zero attached hydrogens (tertiary/aromatic N) is 3. The third-order valence-corrected chi connectivity index (χ3v) is 14.4. The number of anilines is 1. The number of rotatable bonds is 4. The number of aromatic nitrogens is 1. The summed E-state index contributed by atoms with van der Waals surface area (Å²) in [5.41, 5.74) is 0.942. The van der Waals surface area contributed by atoms with Crippen LogP contribution in [0.3, 0.4) is 0 Å². The minimum atomic E-state index is -4.17. The molecule has 2 bridgehead atoms. The Morgan fingerprint density at radius 2 is 1.73 bits per heavy atom. The number of likely N-dealkylation sites (N-methyl/N-ethyl adjacent to an activating group) is 1. The minimum Gasteiger partial charge on any atom is -0.361 e. The van der Waals surface area contributed by atoms with Crippen LogP contribution in [-0.4, -0.2) is 58.0 Å². The average molecular weight is 605 g/mol. The van der Waals surface area contributed by atoms with Crippen LogP contribution >= 0.6 is 21.6 Å².